The van der Waals surface area contributed by atoms with Crippen molar-refractivity contribution in [2.45, 2.75) is 12.5 Å². The number of esters is 1. The molecule has 5 heteroatoms. The lowest BCUT2D eigenvalue weighted by atomic mass is 10.1. The van der Waals surface area contributed by atoms with Gasteiger partial charge in [0.25, 0.3) is 0 Å². The Morgan fingerprint density at radius 1 is 1.29 bits per heavy atom. The van der Waals surface area contributed by atoms with Crippen molar-refractivity contribution >= 4 is 5.97 Å². The Balaban J connectivity index is 0.000000770. The van der Waals surface area contributed by atoms with Crippen molar-refractivity contribution in [1.82, 2.24) is 0 Å². The SMILES string of the molecule is COC.COC(=O)C(N)Cc1ccc(O)cc1. The Kier molecular flexibility index (Phi) is 7.75. The van der Waals surface area contributed by atoms with Gasteiger partial charge in [0.05, 0.1) is 7.11 Å². The van der Waals surface area contributed by atoms with Crippen LogP contribution in [0, 0.1) is 0 Å². The highest BCUT2D eigenvalue weighted by Gasteiger charge is 2.13. The van der Waals surface area contributed by atoms with Crippen molar-refractivity contribution in [2.24, 2.45) is 5.73 Å². The quantitative estimate of drug-likeness (QED) is 0.761. The lowest BCUT2D eigenvalue weighted by Crippen LogP contribution is -2.33. The van der Waals surface area contributed by atoms with Crippen LogP contribution in [0.15, 0.2) is 24.3 Å². The molecule has 1 aromatic carbocycles. The van der Waals surface area contributed by atoms with Gasteiger partial charge in [0, 0.05) is 14.2 Å². The van der Waals surface area contributed by atoms with Crippen molar-refractivity contribution in [2.75, 3.05) is 21.3 Å². The molecule has 5 nitrogen and oxygen atoms in total. The largest absolute Gasteiger partial charge is 0.508 e. The second-order valence-corrected chi connectivity index (χ2v) is 3.41. The number of carbonyl (C=O) groups is 1. The van der Waals surface area contributed by atoms with E-state index in [1.165, 1.54) is 7.11 Å². The van der Waals surface area contributed by atoms with Crippen molar-refractivity contribution in [3.05, 3.63) is 29.8 Å². The standard InChI is InChI=1S/C10H13NO3.C2H6O/c1-14-10(13)9(11)6-7-2-4-8(12)5-3-7;1-3-2/h2-5,9,12H,6,11H2,1H3;1-2H3. The van der Waals surface area contributed by atoms with Crippen molar-refractivity contribution in [3.8, 4) is 5.75 Å². The van der Waals surface area contributed by atoms with Gasteiger partial charge in [0.15, 0.2) is 0 Å². The first-order chi connectivity index (χ1) is 8.04. The number of methoxy groups -OCH3 is 2. The number of hydrogen-bond acceptors (Lipinski definition) is 5. The van der Waals surface area contributed by atoms with Crippen LogP contribution >= 0.6 is 0 Å². The first kappa shape index (κ1) is 15.4. The second kappa shape index (κ2) is 8.55. The lowest BCUT2D eigenvalue weighted by Gasteiger charge is -2.08. The van der Waals surface area contributed by atoms with Gasteiger partial charge in [-0.2, -0.15) is 0 Å². The lowest BCUT2D eigenvalue weighted by molar-refractivity contribution is -0.142. The van der Waals surface area contributed by atoms with Crippen LogP contribution in [0.4, 0.5) is 0 Å². The number of hydrogen-bond donors (Lipinski definition) is 2. The summed E-state index contributed by atoms with van der Waals surface area (Å²) in [5.74, 6) is -0.238. The molecule has 3 N–H and O–H groups in total. The smallest absolute Gasteiger partial charge is 0.322 e. The Labute approximate surface area is 101 Å². The zero-order valence-electron chi connectivity index (χ0n) is 10.3. The number of nitrogens with two attached hydrogens (primary N) is 1. The van der Waals surface area contributed by atoms with Gasteiger partial charge in [-0.1, -0.05) is 12.1 Å². The Morgan fingerprint density at radius 2 is 1.76 bits per heavy atom. The third kappa shape index (κ3) is 6.55. The fraction of sp³-hybridized carbons (Fsp3) is 0.417. The van der Waals surface area contributed by atoms with E-state index in [9.17, 15) is 4.79 Å². The van der Waals surface area contributed by atoms with E-state index in [-0.39, 0.29) is 5.75 Å². The van der Waals surface area contributed by atoms with E-state index < -0.39 is 12.0 Å². The first-order valence-corrected chi connectivity index (χ1v) is 5.06. The number of aromatic hydroxyl groups is 1. The minimum absolute atomic E-state index is 0.195. The molecule has 1 aromatic rings. The number of benzene rings is 1. The average molecular weight is 241 g/mol. The molecule has 0 radical (unpaired) electrons. The summed E-state index contributed by atoms with van der Waals surface area (Å²) in [5, 5.41) is 9.02. The fourth-order valence-corrected chi connectivity index (χ4v) is 1.12. The van der Waals surface area contributed by atoms with Crippen LogP contribution in [0.1, 0.15) is 5.56 Å². The van der Waals surface area contributed by atoms with E-state index in [1.54, 1.807) is 38.5 Å². The molecule has 0 aromatic heterocycles. The summed E-state index contributed by atoms with van der Waals surface area (Å²) in [6, 6.07) is 5.90. The maximum Gasteiger partial charge on any atom is 0.322 e. The van der Waals surface area contributed by atoms with Crippen LogP contribution in [0.5, 0.6) is 5.75 Å². The molecule has 0 saturated heterocycles. The summed E-state index contributed by atoms with van der Waals surface area (Å²) >= 11 is 0. The number of phenols is 1. The minimum Gasteiger partial charge on any atom is -0.508 e. The van der Waals surface area contributed by atoms with E-state index in [0.29, 0.717) is 6.42 Å². The summed E-state index contributed by atoms with van der Waals surface area (Å²) < 4.78 is 8.74. The summed E-state index contributed by atoms with van der Waals surface area (Å²) in [6.07, 6.45) is 0.410. The van der Waals surface area contributed by atoms with Crippen LogP contribution in [-0.4, -0.2) is 38.4 Å². The van der Waals surface area contributed by atoms with Crippen LogP contribution < -0.4 is 5.73 Å². The van der Waals surface area contributed by atoms with Gasteiger partial charge in [-0.15, -0.1) is 0 Å². The second-order valence-electron chi connectivity index (χ2n) is 3.41. The van der Waals surface area contributed by atoms with E-state index in [0.717, 1.165) is 5.56 Å². The number of carbonyl (C=O) groups excluding carboxylic acids is 1. The zero-order chi connectivity index (χ0) is 13.3. The molecule has 0 aliphatic rings. The minimum atomic E-state index is -0.649. The Bertz CT molecular complexity index is 324. The molecule has 0 aliphatic heterocycles. The predicted octanol–water partition coefficient (Wildman–Crippen LogP) is 0.698. The fourth-order valence-electron chi connectivity index (χ4n) is 1.12. The van der Waals surface area contributed by atoms with E-state index in [4.69, 9.17) is 10.8 Å². The van der Waals surface area contributed by atoms with E-state index >= 15 is 0 Å². The number of ether oxygens (including phenoxy) is 2. The van der Waals surface area contributed by atoms with Gasteiger partial charge in [0.1, 0.15) is 11.8 Å². The molecule has 0 aliphatic carbocycles. The summed E-state index contributed by atoms with van der Waals surface area (Å²) in [7, 11) is 4.55. The molecule has 1 unspecified atom stereocenters. The van der Waals surface area contributed by atoms with Gasteiger partial charge < -0.3 is 20.3 Å². The molecule has 0 saturated carbocycles. The molecule has 17 heavy (non-hydrogen) atoms. The molecule has 0 fully saturated rings. The van der Waals surface area contributed by atoms with E-state index in [2.05, 4.69) is 9.47 Å². The Morgan fingerprint density at radius 3 is 2.18 bits per heavy atom. The molecule has 0 heterocycles. The van der Waals surface area contributed by atoms with Gasteiger partial charge in [-0.25, -0.2) is 0 Å². The van der Waals surface area contributed by atoms with Crippen LogP contribution in [0.3, 0.4) is 0 Å². The maximum atomic E-state index is 11.0. The van der Waals surface area contributed by atoms with Gasteiger partial charge in [-0.05, 0) is 24.1 Å². The zero-order valence-corrected chi connectivity index (χ0v) is 10.3. The molecular formula is C12H19NO4. The molecule has 0 bridgehead atoms. The molecule has 96 valence electrons. The normalized spacial score (nSPS) is 11.1. The van der Waals surface area contributed by atoms with Gasteiger partial charge >= 0.3 is 5.97 Å². The third-order valence-electron chi connectivity index (χ3n) is 1.90. The highest BCUT2D eigenvalue weighted by atomic mass is 16.5. The van der Waals surface area contributed by atoms with Crippen molar-refractivity contribution < 1.29 is 19.4 Å². The van der Waals surface area contributed by atoms with Crippen molar-refractivity contribution in [1.29, 1.82) is 0 Å². The molecule has 0 amide bonds. The molecule has 1 atom stereocenters. The molecule has 1 rings (SSSR count). The van der Waals surface area contributed by atoms with Crippen LogP contribution in [-0.2, 0) is 20.7 Å². The summed E-state index contributed by atoms with van der Waals surface area (Å²) in [4.78, 5) is 11.0. The summed E-state index contributed by atoms with van der Waals surface area (Å²) in [5.41, 5.74) is 6.45. The van der Waals surface area contributed by atoms with E-state index in [1.807, 2.05) is 0 Å². The molecule has 0 spiro atoms. The predicted molar refractivity (Wildman–Crippen MR) is 64.7 cm³/mol. The average Bonchev–Trinajstić information content (AvgIpc) is 2.32. The maximum absolute atomic E-state index is 11.0. The first-order valence-electron chi connectivity index (χ1n) is 5.06. The van der Waals surface area contributed by atoms with Crippen molar-refractivity contribution in [3.63, 3.8) is 0 Å². The number of rotatable bonds is 3. The highest BCUT2D eigenvalue weighted by Crippen LogP contribution is 2.10. The van der Waals surface area contributed by atoms with Gasteiger partial charge in [-0.3, -0.25) is 4.79 Å². The number of phenolic OH excluding ortho intramolecular Hbond substituents is 1. The monoisotopic (exact) mass is 241 g/mol. The topological polar surface area (TPSA) is 81.8 Å². The molecular weight excluding hydrogens is 222 g/mol. The third-order valence-corrected chi connectivity index (χ3v) is 1.90. The highest BCUT2D eigenvalue weighted by molar-refractivity contribution is 5.75. The Hall–Kier alpha value is -1.59. The van der Waals surface area contributed by atoms with Crippen LogP contribution in [0.25, 0.3) is 0 Å². The van der Waals surface area contributed by atoms with Crippen LogP contribution in [0.2, 0.25) is 0 Å². The summed E-state index contributed by atoms with van der Waals surface area (Å²) in [6.45, 7) is 0. The van der Waals surface area contributed by atoms with Gasteiger partial charge in [0.2, 0.25) is 0 Å².